The first-order valence-electron chi connectivity index (χ1n) is 7.20. The first kappa shape index (κ1) is 14.5. The number of ether oxygens (including phenoxy) is 2. The van der Waals surface area contributed by atoms with E-state index in [-0.39, 0.29) is 30.1 Å². The van der Waals surface area contributed by atoms with Gasteiger partial charge in [0.2, 0.25) is 0 Å². The van der Waals surface area contributed by atoms with Crippen molar-refractivity contribution >= 4 is 23.2 Å². The Labute approximate surface area is 127 Å². The maximum atomic E-state index is 12.7. The van der Waals surface area contributed by atoms with Crippen LogP contribution in [0.5, 0.6) is 0 Å². The molecule has 3 rings (SSSR count). The highest BCUT2D eigenvalue weighted by molar-refractivity contribution is 7.08. The lowest BCUT2D eigenvalue weighted by atomic mass is 9.92. The van der Waals surface area contributed by atoms with Gasteiger partial charge in [0, 0.05) is 17.8 Å². The fourth-order valence-corrected chi connectivity index (χ4v) is 3.95. The lowest BCUT2D eigenvalue weighted by molar-refractivity contribution is -0.153. The van der Waals surface area contributed by atoms with Crippen molar-refractivity contribution in [3.8, 4) is 0 Å². The Kier molecular flexibility index (Phi) is 3.99. The second-order valence-corrected chi connectivity index (χ2v) is 6.42. The second kappa shape index (κ2) is 5.77. The van der Waals surface area contributed by atoms with Crippen molar-refractivity contribution in [2.45, 2.75) is 50.5 Å². The molecule has 1 amide bonds. The van der Waals surface area contributed by atoms with Crippen LogP contribution in [0.15, 0.2) is 16.8 Å². The van der Waals surface area contributed by atoms with Gasteiger partial charge in [-0.25, -0.2) is 4.79 Å². The van der Waals surface area contributed by atoms with E-state index >= 15 is 0 Å². The molecule has 0 saturated carbocycles. The summed E-state index contributed by atoms with van der Waals surface area (Å²) in [6.45, 7) is 2.06. The van der Waals surface area contributed by atoms with E-state index in [1.54, 1.807) is 0 Å². The van der Waals surface area contributed by atoms with Crippen LogP contribution in [0.3, 0.4) is 0 Å². The van der Waals surface area contributed by atoms with E-state index in [2.05, 4.69) is 6.92 Å². The van der Waals surface area contributed by atoms with Crippen LogP contribution in [0.25, 0.3) is 0 Å². The molecule has 1 aromatic heterocycles. The summed E-state index contributed by atoms with van der Waals surface area (Å²) in [6, 6.07) is 1.97. The Morgan fingerprint density at radius 1 is 1.43 bits per heavy atom. The van der Waals surface area contributed by atoms with Gasteiger partial charge in [-0.15, -0.1) is 0 Å². The molecule has 0 N–H and O–H groups in total. The fourth-order valence-electron chi connectivity index (χ4n) is 3.32. The molecular weight excluding hydrogens is 290 g/mol. The van der Waals surface area contributed by atoms with Gasteiger partial charge in [0.05, 0.1) is 24.8 Å². The number of fused-ring (bicyclic) bond motifs is 1. The number of piperidine rings is 1. The van der Waals surface area contributed by atoms with E-state index in [1.165, 1.54) is 18.4 Å². The zero-order valence-corrected chi connectivity index (χ0v) is 13.0. The maximum absolute atomic E-state index is 12.7. The molecule has 6 heteroatoms. The number of likely N-dealkylation sites (tertiary alicyclic amines) is 1. The van der Waals surface area contributed by atoms with Crippen LogP contribution in [0, 0.1) is 0 Å². The zero-order chi connectivity index (χ0) is 15.0. The number of carbonyl (C=O) groups excluding carboxylic acids is 2. The molecular formula is C15H19NO4S. The molecule has 2 saturated heterocycles. The van der Waals surface area contributed by atoms with E-state index < -0.39 is 6.10 Å². The molecule has 2 fully saturated rings. The number of hydrogen-bond acceptors (Lipinski definition) is 5. The van der Waals surface area contributed by atoms with Crippen LogP contribution >= 0.6 is 11.3 Å². The lowest BCUT2D eigenvalue weighted by Gasteiger charge is -2.41. The molecule has 0 bridgehead atoms. The summed E-state index contributed by atoms with van der Waals surface area (Å²) in [5, 5.41) is 3.77. The van der Waals surface area contributed by atoms with Crippen LogP contribution in [-0.2, 0) is 14.3 Å². The van der Waals surface area contributed by atoms with E-state index in [0.29, 0.717) is 12.0 Å². The summed E-state index contributed by atoms with van der Waals surface area (Å²) >= 11 is 1.51. The average Bonchev–Trinajstić information content (AvgIpc) is 3.14. The molecule has 2 aliphatic heterocycles. The SMILES string of the molecule is COC(=O)[C@@H]1C[C@@H]2[C@@H](CC[C@H](C)N2C(=O)c2ccsc2)O1. The van der Waals surface area contributed by atoms with Crippen molar-refractivity contribution in [3.63, 3.8) is 0 Å². The van der Waals surface area contributed by atoms with Gasteiger partial charge in [0.1, 0.15) is 0 Å². The molecule has 1 aromatic rings. The number of methoxy groups -OCH3 is 1. The van der Waals surface area contributed by atoms with Gasteiger partial charge in [-0.1, -0.05) is 0 Å². The average molecular weight is 309 g/mol. The van der Waals surface area contributed by atoms with E-state index in [4.69, 9.17) is 9.47 Å². The van der Waals surface area contributed by atoms with Gasteiger partial charge in [-0.2, -0.15) is 11.3 Å². The number of nitrogens with zero attached hydrogens (tertiary/aromatic N) is 1. The summed E-state index contributed by atoms with van der Waals surface area (Å²) in [5.41, 5.74) is 0.717. The highest BCUT2D eigenvalue weighted by atomic mass is 32.1. The number of amides is 1. The molecule has 0 radical (unpaired) electrons. The minimum Gasteiger partial charge on any atom is -0.467 e. The van der Waals surface area contributed by atoms with E-state index in [0.717, 1.165) is 12.8 Å². The summed E-state index contributed by atoms with van der Waals surface area (Å²) in [5.74, 6) is -0.312. The minimum absolute atomic E-state index is 0.0348. The standard InChI is InChI=1S/C15H19NO4S/c1-9-3-4-12-11(7-13(20-12)15(18)19-2)16(9)14(17)10-5-6-21-8-10/h5-6,8-9,11-13H,3-4,7H2,1-2H3/t9-,11+,12+,13-/m0/s1. The molecule has 4 atom stereocenters. The van der Waals surface area contributed by atoms with Crippen LogP contribution in [0.1, 0.15) is 36.5 Å². The molecule has 5 nitrogen and oxygen atoms in total. The van der Waals surface area contributed by atoms with Crippen molar-refractivity contribution in [1.82, 2.24) is 4.90 Å². The molecule has 2 aliphatic rings. The predicted octanol–water partition coefficient (Wildman–Crippen LogP) is 2.07. The minimum atomic E-state index is -0.548. The van der Waals surface area contributed by atoms with Crippen molar-refractivity contribution < 1.29 is 19.1 Å². The van der Waals surface area contributed by atoms with Gasteiger partial charge >= 0.3 is 5.97 Å². The summed E-state index contributed by atoms with van der Waals surface area (Å²) in [4.78, 5) is 26.3. The molecule has 0 aromatic carbocycles. The summed E-state index contributed by atoms with van der Waals surface area (Å²) in [6.07, 6.45) is 1.69. The number of hydrogen-bond donors (Lipinski definition) is 0. The molecule has 0 spiro atoms. The van der Waals surface area contributed by atoms with Crippen LogP contribution in [0.4, 0.5) is 0 Å². The topological polar surface area (TPSA) is 55.8 Å². The molecule has 0 unspecified atom stereocenters. The molecule has 0 aliphatic carbocycles. The number of rotatable bonds is 2. The van der Waals surface area contributed by atoms with Crippen LogP contribution in [0.2, 0.25) is 0 Å². The third kappa shape index (κ3) is 2.58. The van der Waals surface area contributed by atoms with E-state index in [9.17, 15) is 9.59 Å². The quantitative estimate of drug-likeness (QED) is 0.785. The molecule has 21 heavy (non-hydrogen) atoms. The third-order valence-corrected chi connectivity index (χ3v) is 5.07. The Balaban J connectivity index is 1.82. The smallest absolute Gasteiger partial charge is 0.335 e. The largest absolute Gasteiger partial charge is 0.467 e. The predicted molar refractivity (Wildman–Crippen MR) is 78.3 cm³/mol. The Bertz CT molecular complexity index is 530. The second-order valence-electron chi connectivity index (χ2n) is 5.64. The van der Waals surface area contributed by atoms with Gasteiger partial charge in [-0.05, 0) is 31.2 Å². The fraction of sp³-hybridized carbons (Fsp3) is 0.600. The van der Waals surface area contributed by atoms with Gasteiger partial charge < -0.3 is 14.4 Å². The van der Waals surface area contributed by atoms with Crippen molar-refractivity contribution in [2.75, 3.05) is 7.11 Å². The summed E-state index contributed by atoms with van der Waals surface area (Å²) in [7, 11) is 1.37. The van der Waals surface area contributed by atoms with Crippen molar-refractivity contribution in [2.24, 2.45) is 0 Å². The monoisotopic (exact) mass is 309 g/mol. The van der Waals surface area contributed by atoms with Gasteiger partial charge in [0.25, 0.3) is 5.91 Å². The third-order valence-electron chi connectivity index (χ3n) is 4.39. The lowest BCUT2D eigenvalue weighted by Crippen LogP contribution is -2.53. The normalized spacial score (nSPS) is 31.8. The first-order chi connectivity index (χ1) is 10.1. The zero-order valence-electron chi connectivity index (χ0n) is 12.2. The maximum Gasteiger partial charge on any atom is 0.335 e. The highest BCUT2D eigenvalue weighted by Crippen LogP contribution is 2.36. The van der Waals surface area contributed by atoms with Crippen molar-refractivity contribution in [3.05, 3.63) is 22.4 Å². The van der Waals surface area contributed by atoms with Crippen LogP contribution in [-0.4, -0.2) is 48.2 Å². The van der Waals surface area contributed by atoms with Crippen molar-refractivity contribution in [1.29, 1.82) is 0 Å². The Hall–Kier alpha value is -1.40. The molecule has 3 heterocycles. The number of carbonyl (C=O) groups is 2. The Morgan fingerprint density at radius 2 is 2.24 bits per heavy atom. The van der Waals surface area contributed by atoms with Crippen LogP contribution < -0.4 is 0 Å². The molecule has 114 valence electrons. The van der Waals surface area contributed by atoms with E-state index in [1.807, 2.05) is 21.7 Å². The van der Waals surface area contributed by atoms with Gasteiger partial charge in [-0.3, -0.25) is 4.79 Å². The first-order valence-corrected chi connectivity index (χ1v) is 8.14. The highest BCUT2D eigenvalue weighted by Gasteiger charge is 2.47. The number of esters is 1. The van der Waals surface area contributed by atoms with Gasteiger partial charge in [0.15, 0.2) is 6.10 Å². The summed E-state index contributed by atoms with van der Waals surface area (Å²) < 4.78 is 10.6. The Morgan fingerprint density at radius 3 is 2.90 bits per heavy atom. The number of thiophene rings is 1.